The Morgan fingerprint density at radius 3 is 2.74 bits per heavy atom. The van der Waals surface area contributed by atoms with Gasteiger partial charge in [0.1, 0.15) is 11.5 Å². The number of rotatable bonds is 5. The number of halogens is 1. The number of anilines is 2. The van der Waals surface area contributed by atoms with Gasteiger partial charge < -0.3 is 20.1 Å². The SMILES string of the molecule is O=C(Nc1ccc2c(c1)OCO2)c1cnc(NCc2ccccc2Cl)cn1. The maximum Gasteiger partial charge on any atom is 0.275 e. The summed E-state index contributed by atoms with van der Waals surface area (Å²) in [6.07, 6.45) is 2.92. The number of benzene rings is 2. The van der Waals surface area contributed by atoms with Crippen LogP contribution >= 0.6 is 11.6 Å². The van der Waals surface area contributed by atoms with Crippen LogP contribution in [-0.2, 0) is 6.54 Å². The molecular formula is C19H15ClN4O3. The van der Waals surface area contributed by atoms with Gasteiger partial charge >= 0.3 is 0 Å². The second-order valence-corrected chi connectivity index (χ2v) is 6.16. The highest BCUT2D eigenvalue weighted by molar-refractivity contribution is 6.31. The molecule has 0 bridgehead atoms. The highest BCUT2D eigenvalue weighted by Gasteiger charge is 2.15. The van der Waals surface area contributed by atoms with E-state index in [0.717, 1.165) is 5.56 Å². The molecule has 1 amide bonds. The zero-order valence-corrected chi connectivity index (χ0v) is 14.9. The van der Waals surface area contributed by atoms with Gasteiger partial charge in [0.25, 0.3) is 5.91 Å². The highest BCUT2D eigenvalue weighted by Crippen LogP contribution is 2.34. The van der Waals surface area contributed by atoms with Crippen molar-refractivity contribution in [2.75, 3.05) is 17.4 Å². The number of amides is 1. The lowest BCUT2D eigenvalue weighted by molar-refractivity contribution is 0.102. The fourth-order valence-electron chi connectivity index (χ4n) is 2.53. The Kier molecular flexibility index (Phi) is 4.76. The number of fused-ring (bicyclic) bond motifs is 1. The summed E-state index contributed by atoms with van der Waals surface area (Å²) >= 11 is 6.12. The second kappa shape index (κ2) is 7.51. The van der Waals surface area contributed by atoms with Crippen molar-refractivity contribution in [3.05, 3.63) is 71.1 Å². The molecule has 0 fully saturated rings. The topological polar surface area (TPSA) is 85.4 Å². The summed E-state index contributed by atoms with van der Waals surface area (Å²) in [6.45, 7) is 0.692. The van der Waals surface area contributed by atoms with Crippen LogP contribution in [-0.4, -0.2) is 22.7 Å². The molecule has 0 saturated heterocycles. The molecule has 7 nitrogen and oxygen atoms in total. The Labute approximate surface area is 160 Å². The molecule has 0 atom stereocenters. The zero-order chi connectivity index (χ0) is 18.6. The van der Waals surface area contributed by atoms with Gasteiger partial charge in [-0.2, -0.15) is 0 Å². The molecule has 1 aliphatic heterocycles. The number of hydrogen-bond acceptors (Lipinski definition) is 6. The molecule has 136 valence electrons. The van der Waals surface area contributed by atoms with Crippen LogP contribution in [0.1, 0.15) is 16.1 Å². The molecule has 3 aromatic rings. The van der Waals surface area contributed by atoms with Gasteiger partial charge in [0.2, 0.25) is 6.79 Å². The number of ether oxygens (including phenoxy) is 2. The average molecular weight is 383 g/mol. The van der Waals surface area contributed by atoms with Crippen molar-refractivity contribution >= 4 is 29.0 Å². The minimum absolute atomic E-state index is 0.181. The van der Waals surface area contributed by atoms with Crippen molar-refractivity contribution in [1.82, 2.24) is 9.97 Å². The number of carbonyl (C=O) groups excluding carboxylic acids is 1. The van der Waals surface area contributed by atoms with E-state index in [9.17, 15) is 4.79 Å². The van der Waals surface area contributed by atoms with Crippen molar-refractivity contribution in [3.8, 4) is 11.5 Å². The second-order valence-electron chi connectivity index (χ2n) is 5.75. The Bertz CT molecular complexity index is 979. The Balaban J connectivity index is 1.38. The summed E-state index contributed by atoms with van der Waals surface area (Å²) in [7, 11) is 0. The predicted molar refractivity (Wildman–Crippen MR) is 101 cm³/mol. The minimum Gasteiger partial charge on any atom is -0.454 e. The van der Waals surface area contributed by atoms with Crippen LogP contribution in [0, 0.1) is 0 Å². The van der Waals surface area contributed by atoms with E-state index in [1.165, 1.54) is 12.4 Å². The summed E-state index contributed by atoms with van der Waals surface area (Å²) in [4.78, 5) is 20.7. The van der Waals surface area contributed by atoms with Crippen LogP contribution < -0.4 is 20.1 Å². The van der Waals surface area contributed by atoms with Gasteiger partial charge in [-0.1, -0.05) is 29.8 Å². The average Bonchev–Trinajstić information content (AvgIpc) is 3.15. The fourth-order valence-corrected chi connectivity index (χ4v) is 2.74. The van der Waals surface area contributed by atoms with Crippen molar-refractivity contribution in [3.63, 3.8) is 0 Å². The maximum atomic E-state index is 12.3. The molecule has 2 N–H and O–H groups in total. The molecule has 0 aliphatic carbocycles. The normalized spacial score (nSPS) is 11.9. The van der Waals surface area contributed by atoms with Crippen molar-refractivity contribution < 1.29 is 14.3 Å². The van der Waals surface area contributed by atoms with Gasteiger partial charge in [-0.25, -0.2) is 9.97 Å². The van der Waals surface area contributed by atoms with Crippen LogP contribution in [0.4, 0.5) is 11.5 Å². The van der Waals surface area contributed by atoms with Crippen LogP contribution in [0.2, 0.25) is 5.02 Å². The third kappa shape index (κ3) is 3.93. The molecule has 2 aromatic carbocycles. The number of nitrogens with one attached hydrogen (secondary N) is 2. The molecule has 0 unspecified atom stereocenters. The first-order chi connectivity index (χ1) is 13.2. The molecule has 0 radical (unpaired) electrons. The number of nitrogens with zero attached hydrogens (tertiary/aromatic N) is 2. The summed E-state index contributed by atoms with van der Waals surface area (Å²) < 4.78 is 10.5. The molecular weight excluding hydrogens is 368 g/mol. The maximum absolute atomic E-state index is 12.3. The summed E-state index contributed by atoms with van der Waals surface area (Å²) in [5, 5.41) is 6.56. The monoisotopic (exact) mass is 382 g/mol. The van der Waals surface area contributed by atoms with Crippen LogP contribution in [0.3, 0.4) is 0 Å². The largest absolute Gasteiger partial charge is 0.454 e. The Hall–Kier alpha value is -3.32. The van der Waals surface area contributed by atoms with Crippen molar-refractivity contribution in [1.29, 1.82) is 0 Å². The minimum atomic E-state index is -0.362. The number of hydrogen-bond donors (Lipinski definition) is 2. The van der Waals surface area contributed by atoms with Crippen molar-refractivity contribution in [2.24, 2.45) is 0 Å². The summed E-state index contributed by atoms with van der Waals surface area (Å²) in [6, 6.07) is 12.7. The Morgan fingerprint density at radius 1 is 1.07 bits per heavy atom. The highest BCUT2D eigenvalue weighted by atomic mass is 35.5. The lowest BCUT2D eigenvalue weighted by atomic mass is 10.2. The molecule has 2 heterocycles. The summed E-state index contributed by atoms with van der Waals surface area (Å²) in [5.74, 6) is 1.44. The number of carbonyl (C=O) groups is 1. The molecule has 27 heavy (non-hydrogen) atoms. The van der Waals surface area contributed by atoms with Crippen molar-refractivity contribution in [2.45, 2.75) is 6.54 Å². The molecule has 1 aromatic heterocycles. The Morgan fingerprint density at radius 2 is 1.93 bits per heavy atom. The molecule has 4 rings (SSSR count). The third-order valence-corrected chi connectivity index (χ3v) is 4.30. The van der Waals surface area contributed by atoms with Gasteiger partial charge in [-0.15, -0.1) is 0 Å². The van der Waals surface area contributed by atoms with Crippen LogP contribution in [0.5, 0.6) is 11.5 Å². The van der Waals surface area contributed by atoms with E-state index in [2.05, 4.69) is 20.6 Å². The predicted octanol–water partition coefficient (Wildman–Crippen LogP) is 3.72. The van der Waals surface area contributed by atoms with E-state index in [0.29, 0.717) is 34.6 Å². The van der Waals surface area contributed by atoms with Gasteiger partial charge in [0, 0.05) is 23.3 Å². The fraction of sp³-hybridized carbons (Fsp3) is 0.105. The lowest BCUT2D eigenvalue weighted by Gasteiger charge is -2.08. The number of aromatic nitrogens is 2. The van der Waals surface area contributed by atoms with Gasteiger partial charge in [0.05, 0.1) is 12.4 Å². The first kappa shape index (κ1) is 17.1. The quantitative estimate of drug-likeness (QED) is 0.699. The van der Waals surface area contributed by atoms with Crippen LogP contribution in [0.25, 0.3) is 0 Å². The standard InChI is InChI=1S/C19H15ClN4O3/c20-14-4-2-1-3-12(14)8-22-18-10-21-15(9-23-18)19(25)24-13-5-6-16-17(7-13)27-11-26-16/h1-7,9-10H,8,11H2,(H,22,23)(H,24,25). The van der Waals surface area contributed by atoms with E-state index in [4.69, 9.17) is 21.1 Å². The first-order valence-electron chi connectivity index (χ1n) is 8.19. The van der Waals surface area contributed by atoms with E-state index in [1.54, 1.807) is 18.2 Å². The molecule has 8 heteroatoms. The molecule has 0 spiro atoms. The third-order valence-electron chi connectivity index (χ3n) is 3.93. The first-order valence-corrected chi connectivity index (χ1v) is 8.57. The smallest absolute Gasteiger partial charge is 0.275 e. The zero-order valence-electron chi connectivity index (χ0n) is 14.1. The summed E-state index contributed by atoms with van der Waals surface area (Å²) in [5.41, 5.74) is 1.74. The molecule has 1 aliphatic rings. The van der Waals surface area contributed by atoms with E-state index >= 15 is 0 Å². The van der Waals surface area contributed by atoms with Gasteiger partial charge in [-0.05, 0) is 23.8 Å². The van der Waals surface area contributed by atoms with Gasteiger partial charge in [-0.3, -0.25) is 4.79 Å². The van der Waals surface area contributed by atoms with Gasteiger partial charge in [0.15, 0.2) is 11.5 Å². The van der Waals surface area contributed by atoms with E-state index < -0.39 is 0 Å². The van der Waals surface area contributed by atoms with E-state index in [-0.39, 0.29) is 18.4 Å². The van der Waals surface area contributed by atoms with E-state index in [1.807, 2.05) is 24.3 Å². The van der Waals surface area contributed by atoms with Crippen LogP contribution in [0.15, 0.2) is 54.9 Å². The lowest BCUT2D eigenvalue weighted by Crippen LogP contribution is -2.14. The molecule has 0 saturated carbocycles.